The normalized spacial score (nSPS) is 10.6. The van der Waals surface area contributed by atoms with Gasteiger partial charge in [0, 0.05) is 24.9 Å². The van der Waals surface area contributed by atoms with Gasteiger partial charge < -0.3 is 4.74 Å². The number of esters is 1. The molecule has 3 rings (SSSR count). The predicted molar refractivity (Wildman–Crippen MR) is 94.5 cm³/mol. The van der Waals surface area contributed by atoms with Crippen LogP contribution in [0.2, 0.25) is 0 Å². The maximum atomic E-state index is 11.9. The van der Waals surface area contributed by atoms with E-state index in [2.05, 4.69) is 11.2 Å². The van der Waals surface area contributed by atoms with E-state index in [0.717, 1.165) is 16.7 Å². The van der Waals surface area contributed by atoms with Gasteiger partial charge in [0.1, 0.15) is 5.75 Å². The first-order valence-corrected chi connectivity index (χ1v) is 7.63. The average molecular weight is 329 g/mol. The Morgan fingerprint density at radius 1 is 1.12 bits per heavy atom. The van der Waals surface area contributed by atoms with E-state index in [1.807, 2.05) is 31.3 Å². The van der Waals surface area contributed by atoms with Crippen LogP contribution in [0.4, 0.5) is 0 Å². The molecule has 0 unspecified atom stereocenters. The molecule has 1 heterocycles. The van der Waals surface area contributed by atoms with E-state index < -0.39 is 5.97 Å². The second-order valence-electron chi connectivity index (χ2n) is 5.42. The van der Waals surface area contributed by atoms with Crippen LogP contribution in [0, 0.1) is 11.3 Å². The van der Waals surface area contributed by atoms with Gasteiger partial charge >= 0.3 is 5.97 Å². The fourth-order valence-electron chi connectivity index (χ4n) is 2.29. The molecule has 3 aromatic rings. The van der Waals surface area contributed by atoms with Gasteiger partial charge in [-0.2, -0.15) is 10.4 Å². The molecule has 0 N–H and O–H groups in total. The largest absolute Gasteiger partial charge is 0.423 e. The fraction of sp³-hybridized carbons (Fsp3) is 0.0500. The first-order valence-electron chi connectivity index (χ1n) is 7.63. The second-order valence-corrected chi connectivity index (χ2v) is 5.42. The number of hydrogen-bond acceptors (Lipinski definition) is 4. The monoisotopic (exact) mass is 329 g/mol. The SMILES string of the molecule is Cn1cc(C=CC(=O)Oc2ccc(-c3ccc(C#N)cc3)cc2)cn1. The standard InChI is InChI=1S/C20H15N3O2/c1-23-14-16(13-22-23)4-11-20(24)25-19-9-7-18(8-10-19)17-5-2-15(12-21)3-6-17/h2-11,13-14H,1H3. The van der Waals surface area contributed by atoms with Gasteiger partial charge in [0.2, 0.25) is 0 Å². The molecule has 0 fully saturated rings. The summed E-state index contributed by atoms with van der Waals surface area (Å²) in [6.45, 7) is 0. The van der Waals surface area contributed by atoms with Crippen molar-refractivity contribution in [2.75, 3.05) is 0 Å². The maximum absolute atomic E-state index is 11.9. The van der Waals surface area contributed by atoms with Crippen LogP contribution in [0.25, 0.3) is 17.2 Å². The van der Waals surface area contributed by atoms with E-state index in [9.17, 15) is 4.79 Å². The molecule has 0 bridgehead atoms. The Balaban J connectivity index is 1.64. The number of ether oxygens (including phenoxy) is 1. The van der Waals surface area contributed by atoms with Crippen molar-refractivity contribution in [3.8, 4) is 22.9 Å². The molecular formula is C20H15N3O2. The molecule has 1 aromatic heterocycles. The molecule has 0 amide bonds. The highest BCUT2D eigenvalue weighted by atomic mass is 16.5. The van der Waals surface area contributed by atoms with Gasteiger partial charge in [-0.1, -0.05) is 24.3 Å². The minimum absolute atomic E-state index is 0.449. The molecule has 0 radical (unpaired) electrons. The lowest BCUT2D eigenvalue weighted by atomic mass is 10.0. The van der Waals surface area contributed by atoms with Gasteiger partial charge in [0.05, 0.1) is 17.8 Å². The number of aryl methyl sites for hydroxylation is 1. The highest BCUT2D eigenvalue weighted by molar-refractivity contribution is 5.88. The van der Waals surface area contributed by atoms with Crippen molar-refractivity contribution >= 4 is 12.0 Å². The van der Waals surface area contributed by atoms with Crippen molar-refractivity contribution in [1.29, 1.82) is 5.26 Å². The zero-order valence-electron chi connectivity index (χ0n) is 13.6. The molecule has 5 nitrogen and oxygen atoms in total. The molecule has 0 saturated carbocycles. The zero-order valence-corrected chi connectivity index (χ0v) is 13.6. The molecule has 0 aliphatic rings. The van der Waals surface area contributed by atoms with E-state index in [-0.39, 0.29) is 0 Å². The Morgan fingerprint density at radius 2 is 1.76 bits per heavy atom. The molecule has 0 saturated heterocycles. The van der Waals surface area contributed by atoms with E-state index >= 15 is 0 Å². The number of benzene rings is 2. The highest BCUT2D eigenvalue weighted by Gasteiger charge is 2.03. The summed E-state index contributed by atoms with van der Waals surface area (Å²) in [6, 6.07) is 16.6. The summed E-state index contributed by atoms with van der Waals surface area (Å²) in [5.74, 6) is 0.0215. The minimum Gasteiger partial charge on any atom is -0.423 e. The molecular weight excluding hydrogens is 314 g/mol. The van der Waals surface area contributed by atoms with Crippen LogP contribution in [0.3, 0.4) is 0 Å². The summed E-state index contributed by atoms with van der Waals surface area (Å²) in [6.07, 6.45) is 6.48. The van der Waals surface area contributed by atoms with Crippen molar-refractivity contribution in [3.63, 3.8) is 0 Å². The van der Waals surface area contributed by atoms with Crippen molar-refractivity contribution in [1.82, 2.24) is 9.78 Å². The molecule has 122 valence electrons. The number of nitrogens with zero attached hydrogens (tertiary/aromatic N) is 3. The van der Waals surface area contributed by atoms with Crippen molar-refractivity contribution in [2.45, 2.75) is 0 Å². The van der Waals surface area contributed by atoms with E-state index in [1.54, 1.807) is 47.4 Å². The number of nitriles is 1. The molecule has 0 aliphatic carbocycles. The van der Waals surface area contributed by atoms with E-state index in [0.29, 0.717) is 11.3 Å². The Kier molecular flexibility index (Phi) is 4.72. The average Bonchev–Trinajstić information content (AvgIpc) is 3.06. The second kappa shape index (κ2) is 7.28. The van der Waals surface area contributed by atoms with Gasteiger partial charge in [-0.05, 0) is 41.5 Å². The molecule has 0 aliphatic heterocycles. The lowest BCUT2D eigenvalue weighted by molar-refractivity contribution is -0.128. The molecule has 2 aromatic carbocycles. The third kappa shape index (κ3) is 4.21. The van der Waals surface area contributed by atoms with E-state index in [1.165, 1.54) is 6.08 Å². The smallest absolute Gasteiger partial charge is 0.336 e. The van der Waals surface area contributed by atoms with Gasteiger partial charge in [0.25, 0.3) is 0 Å². The minimum atomic E-state index is -0.449. The molecule has 0 atom stereocenters. The number of aromatic nitrogens is 2. The lowest BCUT2D eigenvalue weighted by Crippen LogP contribution is -2.03. The fourth-order valence-corrected chi connectivity index (χ4v) is 2.29. The molecule has 0 spiro atoms. The Bertz CT molecular complexity index is 946. The summed E-state index contributed by atoms with van der Waals surface area (Å²) in [5, 5.41) is 12.9. The third-order valence-electron chi connectivity index (χ3n) is 3.56. The van der Waals surface area contributed by atoms with Crippen LogP contribution in [0.1, 0.15) is 11.1 Å². The number of carbonyl (C=O) groups excluding carboxylic acids is 1. The summed E-state index contributed by atoms with van der Waals surface area (Å²) >= 11 is 0. The van der Waals surface area contributed by atoms with Gasteiger partial charge in [-0.15, -0.1) is 0 Å². The highest BCUT2D eigenvalue weighted by Crippen LogP contribution is 2.23. The van der Waals surface area contributed by atoms with Crippen molar-refractivity contribution in [2.24, 2.45) is 7.05 Å². The van der Waals surface area contributed by atoms with E-state index in [4.69, 9.17) is 10.00 Å². The quantitative estimate of drug-likeness (QED) is 0.417. The van der Waals surface area contributed by atoms with Crippen LogP contribution in [0.5, 0.6) is 5.75 Å². The number of hydrogen-bond donors (Lipinski definition) is 0. The summed E-state index contributed by atoms with van der Waals surface area (Å²) in [4.78, 5) is 11.9. The van der Waals surface area contributed by atoms with Crippen LogP contribution < -0.4 is 4.74 Å². The third-order valence-corrected chi connectivity index (χ3v) is 3.56. The Labute approximate surface area is 145 Å². The summed E-state index contributed by atoms with van der Waals surface area (Å²) < 4.78 is 6.93. The first kappa shape index (κ1) is 16.2. The maximum Gasteiger partial charge on any atom is 0.336 e. The van der Waals surface area contributed by atoms with Crippen LogP contribution in [0.15, 0.2) is 67.0 Å². The summed E-state index contributed by atoms with van der Waals surface area (Å²) in [5.41, 5.74) is 3.42. The number of rotatable bonds is 4. The van der Waals surface area contributed by atoms with Gasteiger partial charge in [-0.3, -0.25) is 4.68 Å². The first-order chi connectivity index (χ1) is 12.1. The van der Waals surface area contributed by atoms with Gasteiger partial charge in [0.15, 0.2) is 0 Å². The summed E-state index contributed by atoms with van der Waals surface area (Å²) in [7, 11) is 1.81. The van der Waals surface area contributed by atoms with Crippen LogP contribution in [-0.2, 0) is 11.8 Å². The molecule has 5 heteroatoms. The van der Waals surface area contributed by atoms with Crippen molar-refractivity contribution in [3.05, 3.63) is 78.1 Å². The Hall–Kier alpha value is -3.65. The van der Waals surface area contributed by atoms with Gasteiger partial charge in [-0.25, -0.2) is 4.79 Å². The van der Waals surface area contributed by atoms with Crippen molar-refractivity contribution < 1.29 is 9.53 Å². The van der Waals surface area contributed by atoms with Crippen LogP contribution in [-0.4, -0.2) is 15.7 Å². The zero-order chi connectivity index (χ0) is 17.6. The van der Waals surface area contributed by atoms with Crippen LogP contribution >= 0.6 is 0 Å². The Morgan fingerprint density at radius 3 is 2.32 bits per heavy atom. The molecule has 25 heavy (non-hydrogen) atoms. The predicted octanol–water partition coefficient (Wildman–Crippen LogP) is 3.58. The topological polar surface area (TPSA) is 67.9 Å². The lowest BCUT2D eigenvalue weighted by Gasteiger charge is -2.04. The number of carbonyl (C=O) groups is 1.